The minimum atomic E-state index is -1.05. The standard InChI is InChI=1S/C14H21BrN4OSi/c1-11-8-16-17-9-12(11)13-7-14(15)19(18-13)10-20-5-6-21(2,3)4/h7-9H,5-6,10H2,1-4H3. The lowest BCUT2D eigenvalue weighted by Gasteiger charge is -2.15. The Morgan fingerprint density at radius 3 is 2.62 bits per heavy atom. The number of hydrogen-bond acceptors (Lipinski definition) is 4. The fourth-order valence-electron chi connectivity index (χ4n) is 1.80. The van der Waals surface area contributed by atoms with Gasteiger partial charge < -0.3 is 4.74 Å². The molecule has 2 rings (SSSR count). The van der Waals surface area contributed by atoms with E-state index in [0.717, 1.165) is 34.1 Å². The van der Waals surface area contributed by atoms with Crippen molar-refractivity contribution in [1.29, 1.82) is 0 Å². The summed E-state index contributed by atoms with van der Waals surface area (Å²) in [6.45, 7) is 10.3. The van der Waals surface area contributed by atoms with Crippen LogP contribution in [0.25, 0.3) is 11.3 Å². The zero-order chi connectivity index (χ0) is 15.5. The number of halogens is 1. The molecule has 0 radical (unpaired) electrons. The van der Waals surface area contributed by atoms with Crippen LogP contribution in [-0.4, -0.2) is 34.7 Å². The van der Waals surface area contributed by atoms with E-state index in [9.17, 15) is 0 Å². The van der Waals surface area contributed by atoms with Gasteiger partial charge in [-0.2, -0.15) is 15.3 Å². The summed E-state index contributed by atoms with van der Waals surface area (Å²) in [5.74, 6) is 0. The number of hydrogen-bond donors (Lipinski definition) is 0. The molecule has 0 bridgehead atoms. The molecule has 0 amide bonds. The van der Waals surface area contributed by atoms with Gasteiger partial charge in [0.2, 0.25) is 0 Å². The number of aromatic nitrogens is 4. The first-order valence-corrected chi connectivity index (χ1v) is 11.5. The van der Waals surface area contributed by atoms with Gasteiger partial charge in [0.15, 0.2) is 0 Å². The van der Waals surface area contributed by atoms with Crippen LogP contribution in [0, 0.1) is 6.92 Å². The minimum absolute atomic E-state index is 0.461. The van der Waals surface area contributed by atoms with Crippen LogP contribution >= 0.6 is 15.9 Å². The van der Waals surface area contributed by atoms with Crippen LogP contribution in [0.1, 0.15) is 5.56 Å². The summed E-state index contributed by atoms with van der Waals surface area (Å²) >= 11 is 3.52. The summed E-state index contributed by atoms with van der Waals surface area (Å²) in [7, 11) is -1.05. The van der Waals surface area contributed by atoms with Gasteiger partial charge in [0.25, 0.3) is 0 Å². The van der Waals surface area contributed by atoms with Gasteiger partial charge in [-0.25, -0.2) is 4.68 Å². The Balaban J connectivity index is 2.02. The molecule has 0 atom stereocenters. The SMILES string of the molecule is Cc1cnncc1-c1cc(Br)n(COCC[Si](C)(C)C)n1. The van der Waals surface area contributed by atoms with Crippen LogP contribution in [0.2, 0.25) is 25.7 Å². The van der Waals surface area contributed by atoms with Crippen LogP contribution in [0.15, 0.2) is 23.1 Å². The maximum Gasteiger partial charge on any atom is 0.140 e. The smallest absolute Gasteiger partial charge is 0.140 e. The lowest BCUT2D eigenvalue weighted by atomic mass is 10.1. The summed E-state index contributed by atoms with van der Waals surface area (Å²) in [5, 5.41) is 12.4. The van der Waals surface area contributed by atoms with Crippen molar-refractivity contribution < 1.29 is 4.74 Å². The van der Waals surface area contributed by atoms with Gasteiger partial charge in [0.05, 0.1) is 18.1 Å². The summed E-state index contributed by atoms with van der Waals surface area (Å²) in [5.41, 5.74) is 2.93. The molecule has 2 heterocycles. The van der Waals surface area contributed by atoms with E-state index in [1.54, 1.807) is 12.4 Å². The molecule has 7 heteroatoms. The van der Waals surface area contributed by atoms with E-state index in [0.29, 0.717) is 6.73 Å². The fraction of sp³-hybridized carbons (Fsp3) is 0.500. The van der Waals surface area contributed by atoms with Crippen molar-refractivity contribution in [1.82, 2.24) is 20.0 Å². The second kappa shape index (κ2) is 6.80. The molecule has 21 heavy (non-hydrogen) atoms. The highest BCUT2D eigenvalue weighted by atomic mass is 79.9. The monoisotopic (exact) mass is 368 g/mol. The molecule has 0 fully saturated rings. The molecule has 2 aromatic heterocycles. The van der Waals surface area contributed by atoms with Crippen LogP contribution in [-0.2, 0) is 11.5 Å². The zero-order valence-electron chi connectivity index (χ0n) is 12.9. The van der Waals surface area contributed by atoms with Gasteiger partial charge >= 0.3 is 0 Å². The van der Waals surface area contributed by atoms with Gasteiger partial charge in [-0.1, -0.05) is 19.6 Å². The molecule has 0 saturated heterocycles. The Morgan fingerprint density at radius 1 is 1.24 bits per heavy atom. The highest BCUT2D eigenvalue weighted by Gasteiger charge is 2.13. The van der Waals surface area contributed by atoms with Crippen molar-refractivity contribution >= 4 is 24.0 Å². The third-order valence-electron chi connectivity index (χ3n) is 3.15. The topological polar surface area (TPSA) is 52.8 Å². The van der Waals surface area contributed by atoms with Crippen molar-refractivity contribution in [2.45, 2.75) is 39.3 Å². The van der Waals surface area contributed by atoms with E-state index in [-0.39, 0.29) is 0 Å². The predicted molar refractivity (Wildman–Crippen MR) is 89.8 cm³/mol. The fourth-order valence-corrected chi connectivity index (χ4v) is 2.95. The maximum atomic E-state index is 5.73. The molecule has 114 valence electrons. The Hall–Kier alpha value is -1.05. The first kappa shape index (κ1) is 16.3. The van der Waals surface area contributed by atoms with Gasteiger partial charge in [0.1, 0.15) is 11.3 Å². The molecular weight excluding hydrogens is 348 g/mol. The second-order valence-corrected chi connectivity index (χ2v) is 12.7. The third-order valence-corrected chi connectivity index (χ3v) is 5.49. The normalized spacial score (nSPS) is 11.9. The Labute approximate surface area is 134 Å². The van der Waals surface area contributed by atoms with E-state index in [4.69, 9.17) is 4.74 Å². The molecule has 0 unspecified atom stereocenters. The quantitative estimate of drug-likeness (QED) is 0.575. The first-order valence-electron chi connectivity index (χ1n) is 6.95. The molecule has 5 nitrogen and oxygen atoms in total. The number of aryl methyl sites for hydroxylation is 1. The Morgan fingerprint density at radius 2 is 1.95 bits per heavy atom. The van der Waals surface area contributed by atoms with Gasteiger partial charge in [-0.15, -0.1) is 0 Å². The first-order chi connectivity index (χ1) is 9.87. The summed E-state index contributed by atoms with van der Waals surface area (Å²) in [4.78, 5) is 0. The van der Waals surface area contributed by atoms with E-state index in [1.807, 2.05) is 17.7 Å². The summed E-state index contributed by atoms with van der Waals surface area (Å²) in [6.07, 6.45) is 3.48. The molecule has 0 saturated carbocycles. The van der Waals surface area contributed by atoms with Gasteiger partial charge in [-0.05, 0) is 40.5 Å². The summed E-state index contributed by atoms with van der Waals surface area (Å²) in [6, 6.07) is 3.14. The van der Waals surface area contributed by atoms with E-state index in [1.165, 1.54) is 0 Å². The lowest BCUT2D eigenvalue weighted by Crippen LogP contribution is -2.22. The average Bonchev–Trinajstić information content (AvgIpc) is 2.75. The van der Waals surface area contributed by atoms with Crippen LogP contribution in [0.5, 0.6) is 0 Å². The largest absolute Gasteiger partial charge is 0.359 e. The van der Waals surface area contributed by atoms with Gasteiger partial charge in [-0.3, -0.25) is 0 Å². The Bertz CT molecular complexity index is 609. The molecule has 2 aromatic rings. The van der Waals surface area contributed by atoms with E-state index in [2.05, 4.69) is 50.9 Å². The third kappa shape index (κ3) is 4.72. The molecular formula is C14H21BrN4OSi. The average molecular weight is 369 g/mol. The molecule has 0 aromatic carbocycles. The molecule has 0 N–H and O–H groups in total. The van der Waals surface area contributed by atoms with E-state index >= 15 is 0 Å². The van der Waals surface area contributed by atoms with Crippen LogP contribution < -0.4 is 0 Å². The highest BCUT2D eigenvalue weighted by Crippen LogP contribution is 2.24. The van der Waals surface area contributed by atoms with Gasteiger partial charge in [0, 0.05) is 20.2 Å². The molecule has 0 spiro atoms. The summed E-state index contributed by atoms with van der Waals surface area (Å²) < 4.78 is 8.46. The predicted octanol–water partition coefficient (Wildman–Crippen LogP) is 3.72. The van der Waals surface area contributed by atoms with E-state index < -0.39 is 8.07 Å². The highest BCUT2D eigenvalue weighted by molar-refractivity contribution is 9.10. The van der Waals surface area contributed by atoms with Crippen LogP contribution in [0.3, 0.4) is 0 Å². The maximum absolute atomic E-state index is 5.73. The number of ether oxygens (including phenoxy) is 1. The van der Waals surface area contributed by atoms with Crippen molar-refractivity contribution in [2.24, 2.45) is 0 Å². The van der Waals surface area contributed by atoms with Crippen LogP contribution in [0.4, 0.5) is 0 Å². The lowest BCUT2D eigenvalue weighted by molar-refractivity contribution is 0.0771. The molecule has 0 aliphatic carbocycles. The second-order valence-electron chi connectivity index (χ2n) is 6.29. The number of rotatable bonds is 6. The van der Waals surface area contributed by atoms with Crippen molar-refractivity contribution in [3.05, 3.63) is 28.6 Å². The molecule has 0 aliphatic rings. The molecule has 0 aliphatic heterocycles. The van der Waals surface area contributed by atoms with Crippen molar-refractivity contribution in [3.8, 4) is 11.3 Å². The van der Waals surface area contributed by atoms with Crippen molar-refractivity contribution in [2.75, 3.05) is 6.61 Å². The minimum Gasteiger partial charge on any atom is -0.359 e. The van der Waals surface area contributed by atoms with Crippen molar-refractivity contribution in [3.63, 3.8) is 0 Å². The zero-order valence-corrected chi connectivity index (χ0v) is 15.5. The Kier molecular flexibility index (Phi) is 5.29. The number of nitrogens with zero attached hydrogens (tertiary/aromatic N) is 4.